The van der Waals surface area contributed by atoms with Crippen molar-refractivity contribution in [1.82, 2.24) is 4.47 Å². The van der Waals surface area contributed by atoms with Crippen molar-refractivity contribution in [2.24, 2.45) is 0 Å². The third-order valence-electron chi connectivity index (χ3n) is 2.87. The van der Waals surface area contributed by atoms with E-state index in [-0.39, 0.29) is 22.0 Å². The summed E-state index contributed by atoms with van der Waals surface area (Å²) in [4.78, 5) is 16.5. The highest BCUT2D eigenvalue weighted by Crippen LogP contribution is 2.27. The molecular formula is C12H14ClNO5S. The van der Waals surface area contributed by atoms with E-state index < -0.39 is 16.0 Å². The van der Waals surface area contributed by atoms with Crippen LogP contribution in [0.2, 0.25) is 5.02 Å². The maximum absolute atomic E-state index is 12.4. The lowest BCUT2D eigenvalue weighted by Gasteiger charge is -2.25. The van der Waals surface area contributed by atoms with Gasteiger partial charge in [0.05, 0.1) is 24.3 Å². The number of hydrogen-bond acceptors (Lipinski definition) is 5. The number of benzene rings is 1. The molecule has 1 aromatic rings. The first-order valence-corrected chi connectivity index (χ1v) is 7.82. The molecule has 110 valence electrons. The Morgan fingerprint density at radius 3 is 2.75 bits per heavy atom. The van der Waals surface area contributed by atoms with Crippen molar-refractivity contribution >= 4 is 27.6 Å². The molecule has 1 fully saturated rings. The van der Waals surface area contributed by atoms with Gasteiger partial charge in [-0.15, -0.1) is 0 Å². The second-order valence-corrected chi connectivity index (χ2v) is 6.41. The fourth-order valence-electron chi connectivity index (χ4n) is 1.82. The highest BCUT2D eigenvalue weighted by atomic mass is 35.5. The molecule has 0 amide bonds. The maximum atomic E-state index is 12.4. The summed E-state index contributed by atoms with van der Waals surface area (Å²) in [5.74, 6) is -0.627. The van der Waals surface area contributed by atoms with E-state index in [4.69, 9.17) is 16.4 Å². The second kappa shape index (κ2) is 6.09. The van der Waals surface area contributed by atoms with Gasteiger partial charge in [-0.1, -0.05) is 16.1 Å². The summed E-state index contributed by atoms with van der Waals surface area (Å²) in [5, 5.41) is 0.0341. The first kappa shape index (κ1) is 15.2. The molecule has 2 rings (SSSR count). The molecule has 0 N–H and O–H groups in total. The Morgan fingerprint density at radius 2 is 2.15 bits per heavy atom. The largest absolute Gasteiger partial charge is 0.465 e. The minimum absolute atomic E-state index is 0.0341. The zero-order chi connectivity index (χ0) is 14.8. The number of rotatable bonds is 3. The van der Waals surface area contributed by atoms with Crippen LogP contribution in [0.1, 0.15) is 23.2 Å². The highest BCUT2D eigenvalue weighted by molar-refractivity contribution is 7.89. The maximum Gasteiger partial charge on any atom is 0.337 e. The summed E-state index contributed by atoms with van der Waals surface area (Å²) in [5.41, 5.74) is 0.118. The van der Waals surface area contributed by atoms with Crippen molar-refractivity contribution < 1.29 is 22.8 Å². The molecular weight excluding hydrogens is 306 g/mol. The Bertz CT molecular complexity index is 610. The summed E-state index contributed by atoms with van der Waals surface area (Å²) in [6.45, 7) is 0.606. The molecule has 0 saturated carbocycles. The Balaban J connectivity index is 2.42. The van der Waals surface area contributed by atoms with Crippen LogP contribution in [0, 0.1) is 0 Å². The third kappa shape index (κ3) is 2.95. The van der Waals surface area contributed by atoms with Gasteiger partial charge in [0.25, 0.3) is 10.0 Å². The molecule has 6 nitrogen and oxygen atoms in total. The van der Waals surface area contributed by atoms with Gasteiger partial charge in [-0.05, 0) is 31.0 Å². The monoisotopic (exact) mass is 319 g/mol. The van der Waals surface area contributed by atoms with Crippen LogP contribution in [0.15, 0.2) is 23.1 Å². The Morgan fingerprint density at radius 1 is 1.40 bits per heavy atom. The summed E-state index contributed by atoms with van der Waals surface area (Å²) in [6.07, 6.45) is 1.52. The summed E-state index contributed by atoms with van der Waals surface area (Å²) < 4.78 is 30.4. The molecule has 0 aromatic heterocycles. The van der Waals surface area contributed by atoms with Gasteiger partial charge in [0, 0.05) is 6.54 Å². The number of sulfonamides is 1. The molecule has 0 radical (unpaired) electrons. The van der Waals surface area contributed by atoms with Gasteiger partial charge in [0.1, 0.15) is 4.90 Å². The molecule has 0 unspecified atom stereocenters. The minimum Gasteiger partial charge on any atom is -0.465 e. The summed E-state index contributed by atoms with van der Waals surface area (Å²) >= 11 is 5.93. The molecule has 1 aliphatic heterocycles. The van der Waals surface area contributed by atoms with E-state index >= 15 is 0 Å². The Kier molecular flexibility index (Phi) is 4.64. The quantitative estimate of drug-likeness (QED) is 0.795. The van der Waals surface area contributed by atoms with E-state index in [1.807, 2.05) is 0 Å². The van der Waals surface area contributed by atoms with Crippen LogP contribution >= 0.6 is 11.6 Å². The predicted molar refractivity (Wildman–Crippen MR) is 71.9 cm³/mol. The number of nitrogens with zero attached hydrogens (tertiary/aromatic N) is 1. The normalized spacial score (nSPS) is 16.9. The van der Waals surface area contributed by atoms with Gasteiger partial charge in [0.2, 0.25) is 0 Å². The van der Waals surface area contributed by atoms with E-state index in [0.717, 1.165) is 10.9 Å². The van der Waals surface area contributed by atoms with Crippen molar-refractivity contribution in [1.29, 1.82) is 0 Å². The third-order valence-corrected chi connectivity index (χ3v) is 5.03. The zero-order valence-corrected chi connectivity index (χ0v) is 12.4. The van der Waals surface area contributed by atoms with Gasteiger partial charge < -0.3 is 4.74 Å². The van der Waals surface area contributed by atoms with E-state index in [2.05, 4.69) is 4.74 Å². The highest BCUT2D eigenvalue weighted by Gasteiger charge is 2.30. The molecule has 8 heteroatoms. The predicted octanol–water partition coefficient (Wildman–Crippen LogP) is 1.84. The van der Waals surface area contributed by atoms with Crippen molar-refractivity contribution in [3.8, 4) is 0 Å². The topological polar surface area (TPSA) is 72.9 Å². The molecule has 1 heterocycles. The van der Waals surface area contributed by atoms with Crippen LogP contribution in [0.5, 0.6) is 0 Å². The smallest absolute Gasteiger partial charge is 0.337 e. The fraction of sp³-hybridized carbons (Fsp3) is 0.417. The van der Waals surface area contributed by atoms with E-state index in [9.17, 15) is 13.2 Å². The van der Waals surface area contributed by atoms with Crippen LogP contribution in [0.3, 0.4) is 0 Å². The molecule has 0 spiro atoms. The average molecular weight is 320 g/mol. The average Bonchev–Trinajstić information content (AvgIpc) is 2.47. The van der Waals surface area contributed by atoms with Gasteiger partial charge in [-0.3, -0.25) is 4.84 Å². The lowest BCUT2D eigenvalue weighted by molar-refractivity contribution is -0.108. The first-order chi connectivity index (χ1) is 9.46. The molecule has 20 heavy (non-hydrogen) atoms. The molecule has 0 bridgehead atoms. The molecule has 0 atom stereocenters. The fourth-order valence-corrected chi connectivity index (χ4v) is 3.62. The SMILES string of the molecule is COC(=O)c1ccc(Cl)c(S(=O)(=O)N2CCCCO2)c1. The van der Waals surface area contributed by atoms with E-state index in [0.29, 0.717) is 13.0 Å². The summed E-state index contributed by atoms with van der Waals surface area (Å²) in [7, 11) is -2.66. The van der Waals surface area contributed by atoms with Gasteiger partial charge in [0.15, 0.2) is 0 Å². The van der Waals surface area contributed by atoms with Crippen molar-refractivity contribution in [2.45, 2.75) is 17.7 Å². The van der Waals surface area contributed by atoms with Crippen molar-refractivity contribution in [2.75, 3.05) is 20.3 Å². The van der Waals surface area contributed by atoms with Gasteiger partial charge in [-0.25, -0.2) is 13.2 Å². The molecule has 1 aromatic carbocycles. The van der Waals surface area contributed by atoms with E-state index in [1.165, 1.54) is 25.3 Å². The number of hydrogen-bond donors (Lipinski definition) is 0. The van der Waals surface area contributed by atoms with Crippen LogP contribution in [-0.2, 0) is 19.6 Å². The van der Waals surface area contributed by atoms with Crippen LogP contribution in [0.25, 0.3) is 0 Å². The van der Waals surface area contributed by atoms with Gasteiger partial charge >= 0.3 is 5.97 Å². The lowest BCUT2D eigenvalue weighted by atomic mass is 10.2. The number of ether oxygens (including phenoxy) is 1. The Labute approximate surface area is 122 Å². The number of hydroxylamine groups is 1. The van der Waals surface area contributed by atoms with Crippen LogP contribution in [0.4, 0.5) is 0 Å². The van der Waals surface area contributed by atoms with Crippen LogP contribution in [-0.4, -0.2) is 39.1 Å². The van der Waals surface area contributed by atoms with Crippen molar-refractivity contribution in [3.05, 3.63) is 28.8 Å². The zero-order valence-electron chi connectivity index (χ0n) is 10.8. The number of halogens is 1. The Hall–Kier alpha value is -1.15. The molecule has 1 saturated heterocycles. The summed E-state index contributed by atoms with van der Waals surface area (Å²) in [6, 6.07) is 3.95. The minimum atomic E-state index is -3.89. The van der Waals surface area contributed by atoms with Crippen molar-refractivity contribution in [3.63, 3.8) is 0 Å². The van der Waals surface area contributed by atoms with Crippen LogP contribution < -0.4 is 0 Å². The number of methoxy groups -OCH3 is 1. The van der Waals surface area contributed by atoms with Gasteiger partial charge in [-0.2, -0.15) is 0 Å². The number of carbonyl (C=O) groups is 1. The number of carbonyl (C=O) groups excluding carboxylic acids is 1. The number of esters is 1. The molecule has 1 aliphatic rings. The van der Waals surface area contributed by atoms with E-state index in [1.54, 1.807) is 0 Å². The first-order valence-electron chi connectivity index (χ1n) is 6.00. The second-order valence-electron chi connectivity index (χ2n) is 4.21. The lowest BCUT2D eigenvalue weighted by Crippen LogP contribution is -2.36. The standard InChI is InChI=1S/C12H14ClNO5S/c1-18-12(15)9-4-5-10(13)11(8-9)20(16,17)14-6-2-3-7-19-14/h4-5,8H,2-3,6-7H2,1H3. The molecule has 0 aliphatic carbocycles.